The third-order valence-corrected chi connectivity index (χ3v) is 3.92. The molecule has 0 fully saturated rings. The Morgan fingerprint density at radius 1 is 1.12 bits per heavy atom. The van der Waals surface area contributed by atoms with Crippen LogP contribution < -0.4 is 19.8 Å². The van der Waals surface area contributed by atoms with Gasteiger partial charge in [-0.3, -0.25) is 4.79 Å². The molecule has 24 heavy (non-hydrogen) atoms. The van der Waals surface area contributed by atoms with Gasteiger partial charge in [-0.2, -0.15) is 0 Å². The number of phenols is 1. The number of hydrogen-bond donors (Lipinski definition) is 1. The first-order valence-corrected chi connectivity index (χ1v) is 7.24. The van der Waals surface area contributed by atoms with E-state index in [-0.39, 0.29) is 35.0 Å². The van der Waals surface area contributed by atoms with Gasteiger partial charge in [-0.15, -0.1) is 0 Å². The first-order valence-electron chi connectivity index (χ1n) is 7.24. The number of aromatic hydroxyl groups is 1. The summed E-state index contributed by atoms with van der Waals surface area (Å²) in [4.78, 5) is 24.2. The molecule has 1 aliphatic heterocycles. The van der Waals surface area contributed by atoms with Gasteiger partial charge in [0, 0.05) is 12.0 Å². The summed E-state index contributed by atoms with van der Waals surface area (Å²) in [5, 5.41) is 10.0. The summed E-state index contributed by atoms with van der Waals surface area (Å²) in [5.74, 6) is -0.282. The third kappa shape index (κ3) is 2.58. The van der Waals surface area contributed by atoms with Gasteiger partial charge in [0.15, 0.2) is 11.5 Å². The highest BCUT2D eigenvalue weighted by Crippen LogP contribution is 2.43. The fourth-order valence-electron chi connectivity index (χ4n) is 2.82. The van der Waals surface area contributed by atoms with Crippen LogP contribution in [0.1, 0.15) is 29.2 Å². The standard InChI is InChI=1S/C17H16O7/c1-8-4-11-15(17(20)23-8)10(7-14(18)24-11)9-5-12(21-2)16(19)13(6-9)22-3/h4-6,10,19H,7H2,1-3H3. The predicted octanol–water partition coefficient (Wildman–Crippen LogP) is 2.11. The van der Waals surface area contributed by atoms with Gasteiger partial charge in [-0.25, -0.2) is 4.79 Å². The highest BCUT2D eigenvalue weighted by molar-refractivity contribution is 5.77. The van der Waals surface area contributed by atoms with Gasteiger partial charge in [-0.05, 0) is 24.6 Å². The van der Waals surface area contributed by atoms with E-state index in [1.165, 1.54) is 20.3 Å². The Morgan fingerprint density at radius 2 is 1.75 bits per heavy atom. The van der Waals surface area contributed by atoms with E-state index < -0.39 is 17.5 Å². The molecule has 7 nitrogen and oxygen atoms in total. The van der Waals surface area contributed by atoms with Crippen LogP contribution in [0.25, 0.3) is 0 Å². The number of hydrogen-bond acceptors (Lipinski definition) is 7. The zero-order chi connectivity index (χ0) is 17.4. The van der Waals surface area contributed by atoms with Crippen molar-refractivity contribution in [1.82, 2.24) is 0 Å². The Bertz CT molecular complexity index is 841. The number of ether oxygens (including phenoxy) is 3. The molecule has 0 aliphatic carbocycles. The Hall–Kier alpha value is -2.96. The van der Waals surface area contributed by atoms with Crippen LogP contribution in [-0.4, -0.2) is 25.3 Å². The average molecular weight is 332 g/mol. The molecule has 0 saturated heterocycles. The summed E-state index contributed by atoms with van der Waals surface area (Å²) in [6.45, 7) is 1.60. The van der Waals surface area contributed by atoms with Crippen LogP contribution in [0.4, 0.5) is 0 Å². The summed E-state index contributed by atoms with van der Waals surface area (Å²) < 4.78 is 20.6. The van der Waals surface area contributed by atoms with Crippen molar-refractivity contribution in [1.29, 1.82) is 0 Å². The largest absolute Gasteiger partial charge is 0.502 e. The highest BCUT2D eigenvalue weighted by Gasteiger charge is 2.33. The van der Waals surface area contributed by atoms with E-state index in [0.717, 1.165) is 0 Å². The molecular formula is C17H16O7. The summed E-state index contributed by atoms with van der Waals surface area (Å²) in [6.07, 6.45) is -0.0299. The van der Waals surface area contributed by atoms with Crippen LogP contribution in [0, 0.1) is 6.92 Å². The maximum absolute atomic E-state index is 12.3. The highest BCUT2D eigenvalue weighted by atomic mass is 16.5. The fourth-order valence-corrected chi connectivity index (χ4v) is 2.82. The summed E-state index contributed by atoms with van der Waals surface area (Å²) in [7, 11) is 2.80. The van der Waals surface area contributed by atoms with E-state index >= 15 is 0 Å². The average Bonchev–Trinajstić information content (AvgIpc) is 2.53. The van der Waals surface area contributed by atoms with Gasteiger partial charge in [0.1, 0.15) is 11.5 Å². The molecule has 0 amide bonds. The Balaban J connectivity index is 2.21. The van der Waals surface area contributed by atoms with Crippen molar-refractivity contribution in [2.24, 2.45) is 0 Å². The number of carbonyl (C=O) groups excluding carboxylic acids is 1. The lowest BCUT2D eigenvalue weighted by Gasteiger charge is -2.24. The second kappa shape index (κ2) is 5.92. The number of aryl methyl sites for hydroxylation is 1. The predicted molar refractivity (Wildman–Crippen MR) is 83.0 cm³/mol. The number of rotatable bonds is 3. The molecule has 1 unspecified atom stereocenters. The summed E-state index contributed by atoms with van der Waals surface area (Å²) in [6, 6.07) is 4.63. The second-order valence-corrected chi connectivity index (χ2v) is 5.43. The van der Waals surface area contributed by atoms with Gasteiger partial charge < -0.3 is 23.7 Å². The number of carbonyl (C=O) groups is 1. The molecular weight excluding hydrogens is 316 g/mol. The molecule has 1 N–H and O–H groups in total. The van der Waals surface area contributed by atoms with Crippen molar-refractivity contribution in [3.8, 4) is 23.0 Å². The van der Waals surface area contributed by atoms with Crippen LogP contribution in [0.2, 0.25) is 0 Å². The maximum Gasteiger partial charge on any atom is 0.343 e. The molecule has 1 aliphatic rings. The second-order valence-electron chi connectivity index (χ2n) is 5.43. The van der Waals surface area contributed by atoms with Crippen molar-refractivity contribution in [3.63, 3.8) is 0 Å². The van der Waals surface area contributed by atoms with Gasteiger partial charge >= 0.3 is 11.6 Å². The van der Waals surface area contributed by atoms with Crippen molar-refractivity contribution in [2.75, 3.05) is 14.2 Å². The molecule has 0 radical (unpaired) electrons. The van der Waals surface area contributed by atoms with E-state index in [4.69, 9.17) is 18.6 Å². The SMILES string of the molecule is COc1cc(C2CC(=O)Oc3cc(C)oc(=O)c32)cc(OC)c1O. The quantitative estimate of drug-likeness (QED) is 0.860. The van der Waals surface area contributed by atoms with Crippen LogP contribution in [-0.2, 0) is 4.79 Å². The number of phenolic OH excluding ortho intramolecular Hbond substituents is 1. The Morgan fingerprint density at radius 3 is 2.33 bits per heavy atom. The van der Waals surface area contributed by atoms with Crippen molar-refractivity contribution in [2.45, 2.75) is 19.3 Å². The molecule has 1 aromatic heterocycles. The van der Waals surface area contributed by atoms with Crippen LogP contribution in [0.5, 0.6) is 23.0 Å². The Labute approximate surface area is 137 Å². The van der Waals surface area contributed by atoms with Crippen molar-refractivity contribution >= 4 is 5.97 Å². The molecule has 2 aromatic rings. The third-order valence-electron chi connectivity index (χ3n) is 3.92. The van der Waals surface area contributed by atoms with Crippen LogP contribution >= 0.6 is 0 Å². The lowest BCUT2D eigenvalue weighted by Crippen LogP contribution is -2.26. The number of esters is 1. The van der Waals surface area contributed by atoms with Gasteiger partial charge in [0.25, 0.3) is 0 Å². The molecule has 0 bridgehead atoms. The molecule has 0 spiro atoms. The van der Waals surface area contributed by atoms with E-state index in [0.29, 0.717) is 11.3 Å². The lowest BCUT2D eigenvalue weighted by atomic mass is 9.87. The smallest absolute Gasteiger partial charge is 0.343 e. The minimum atomic E-state index is -0.582. The van der Waals surface area contributed by atoms with Crippen molar-refractivity contribution < 1.29 is 28.5 Å². The van der Waals surface area contributed by atoms with Crippen molar-refractivity contribution in [3.05, 3.63) is 45.5 Å². The fraction of sp³-hybridized carbons (Fsp3) is 0.294. The van der Waals surface area contributed by atoms with E-state index in [2.05, 4.69) is 0 Å². The molecule has 1 atom stereocenters. The van der Waals surface area contributed by atoms with Crippen LogP contribution in [0.3, 0.4) is 0 Å². The maximum atomic E-state index is 12.3. The minimum Gasteiger partial charge on any atom is -0.502 e. The lowest BCUT2D eigenvalue weighted by molar-refractivity contribution is -0.135. The molecule has 0 saturated carbocycles. The topological polar surface area (TPSA) is 95.2 Å². The van der Waals surface area contributed by atoms with E-state index in [1.54, 1.807) is 19.1 Å². The normalized spacial score (nSPS) is 16.3. The Kier molecular flexibility index (Phi) is 3.92. The number of fused-ring (bicyclic) bond motifs is 1. The summed E-state index contributed by atoms with van der Waals surface area (Å²) >= 11 is 0. The molecule has 126 valence electrons. The van der Waals surface area contributed by atoms with Gasteiger partial charge in [-0.1, -0.05) is 0 Å². The molecule has 7 heteroatoms. The zero-order valence-corrected chi connectivity index (χ0v) is 13.4. The minimum absolute atomic E-state index is 0.0299. The van der Waals surface area contributed by atoms with E-state index in [1.807, 2.05) is 0 Å². The monoisotopic (exact) mass is 332 g/mol. The van der Waals surface area contributed by atoms with Gasteiger partial charge in [0.05, 0.1) is 26.2 Å². The number of benzene rings is 1. The zero-order valence-electron chi connectivity index (χ0n) is 13.4. The summed E-state index contributed by atoms with van der Waals surface area (Å²) in [5.41, 5.74) is 0.277. The molecule has 1 aromatic carbocycles. The van der Waals surface area contributed by atoms with Crippen LogP contribution in [0.15, 0.2) is 27.4 Å². The van der Waals surface area contributed by atoms with Gasteiger partial charge in [0.2, 0.25) is 5.75 Å². The molecule has 2 heterocycles. The first kappa shape index (κ1) is 15.9. The first-order chi connectivity index (χ1) is 11.4. The molecule has 3 rings (SSSR count). The number of methoxy groups -OCH3 is 2. The van der Waals surface area contributed by atoms with E-state index in [9.17, 15) is 14.7 Å².